The fraction of sp³-hybridized carbons (Fsp3) is 0.529. The molecule has 4 heteroatoms. The van der Waals surface area contributed by atoms with E-state index < -0.39 is 0 Å². The summed E-state index contributed by atoms with van der Waals surface area (Å²) in [5, 5.41) is 0. The summed E-state index contributed by atoms with van der Waals surface area (Å²) in [5.41, 5.74) is 4.44. The van der Waals surface area contributed by atoms with Gasteiger partial charge in [0.25, 0.3) is 0 Å². The Bertz CT molecular complexity index is 570. The molecule has 0 spiro atoms. The smallest absolute Gasteiger partial charge is 0.162 e. The van der Waals surface area contributed by atoms with E-state index in [1.165, 1.54) is 16.8 Å². The Hall–Kier alpha value is -1.35. The third kappa shape index (κ3) is 2.71. The van der Waals surface area contributed by atoms with Crippen molar-refractivity contribution in [3.05, 3.63) is 28.8 Å². The van der Waals surface area contributed by atoms with Crippen molar-refractivity contribution in [2.75, 3.05) is 17.3 Å². The summed E-state index contributed by atoms with van der Waals surface area (Å²) < 4.78 is 0. The van der Waals surface area contributed by atoms with E-state index in [1.807, 2.05) is 12.1 Å². The molecule has 0 saturated carbocycles. The summed E-state index contributed by atoms with van der Waals surface area (Å²) >= 11 is 5.66. The molecule has 1 aromatic rings. The van der Waals surface area contributed by atoms with Gasteiger partial charge in [-0.15, -0.1) is 11.6 Å². The van der Waals surface area contributed by atoms with E-state index >= 15 is 0 Å². The van der Waals surface area contributed by atoms with Crippen LogP contribution in [0.1, 0.15) is 47.2 Å². The number of aldehydes is 1. The van der Waals surface area contributed by atoms with Gasteiger partial charge in [-0.05, 0) is 48.9 Å². The molecule has 2 heterocycles. The lowest BCUT2D eigenvalue weighted by molar-refractivity contribution is -0.108. The third-order valence-corrected chi connectivity index (χ3v) is 4.76. The van der Waals surface area contributed by atoms with E-state index in [9.17, 15) is 9.59 Å². The van der Waals surface area contributed by atoms with E-state index in [2.05, 4.69) is 4.90 Å². The number of hydrogen-bond donors (Lipinski definition) is 0. The fourth-order valence-corrected chi connectivity index (χ4v) is 3.69. The average molecular weight is 306 g/mol. The molecule has 0 saturated heterocycles. The Morgan fingerprint density at radius 3 is 2.90 bits per heavy atom. The monoisotopic (exact) mass is 305 g/mol. The number of nitrogens with zero attached hydrogens (tertiary/aromatic N) is 1. The number of ketones is 1. The second-order valence-corrected chi connectivity index (χ2v) is 6.29. The zero-order valence-electron chi connectivity index (χ0n) is 12.1. The highest BCUT2D eigenvalue weighted by Gasteiger charge is 2.33. The SMILES string of the molecule is O=CC1Cc2cc(C(=O)CCCCCl)cc3c2N1CCC3. The summed E-state index contributed by atoms with van der Waals surface area (Å²) in [4.78, 5) is 25.8. The van der Waals surface area contributed by atoms with Crippen LogP contribution in [0.4, 0.5) is 5.69 Å². The molecule has 2 aliphatic rings. The molecule has 0 bridgehead atoms. The molecule has 0 amide bonds. The molecule has 112 valence electrons. The molecular formula is C17H20ClNO2. The Morgan fingerprint density at radius 2 is 2.14 bits per heavy atom. The summed E-state index contributed by atoms with van der Waals surface area (Å²) in [5.74, 6) is 0.810. The van der Waals surface area contributed by atoms with Crippen molar-refractivity contribution < 1.29 is 9.59 Å². The maximum Gasteiger partial charge on any atom is 0.162 e. The van der Waals surface area contributed by atoms with Crippen molar-refractivity contribution in [3.8, 4) is 0 Å². The first-order valence-electron chi connectivity index (χ1n) is 7.71. The quantitative estimate of drug-likeness (QED) is 0.351. The second-order valence-electron chi connectivity index (χ2n) is 5.92. The maximum absolute atomic E-state index is 12.3. The van der Waals surface area contributed by atoms with Crippen LogP contribution in [-0.2, 0) is 17.6 Å². The molecule has 0 fully saturated rings. The number of carbonyl (C=O) groups excluding carboxylic acids is 2. The number of hydrogen-bond acceptors (Lipinski definition) is 3. The van der Waals surface area contributed by atoms with Gasteiger partial charge in [0.1, 0.15) is 6.29 Å². The molecule has 3 rings (SSSR count). The number of carbonyl (C=O) groups is 2. The summed E-state index contributed by atoms with van der Waals surface area (Å²) in [6, 6.07) is 4.01. The third-order valence-electron chi connectivity index (χ3n) is 4.50. The van der Waals surface area contributed by atoms with Crippen LogP contribution in [-0.4, -0.2) is 30.5 Å². The Morgan fingerprint density at radius 1 is 1.33 bits per heavy atom. The van der Waals surface area contributed by atoms with Crippen molar-refractivity contribution in [2.45, 2.75) is 44.6 Å². The molecule has 0 N–H and O–H groups in total. The highest BCUT2D eigenvalue weighted by molar-refractivity contribution is 6.17. The standard InChI is InChI=1S/C17H20ClNO2/c18-6-2-1-5-16(21)13-8-12-4-3-7-19-15(11-20)10-14(9-13)17(12)19/h8-9,11,15H,1-7,10H2. The first-order valence-corrected chi connectivity index (χ1v) is 8.25. The minimum Gasteiger partial charge on any atom is -0.361 e. The molecule has 21 heavy (non-hydrogen) atoms. The second kappa shape index (κ2) is 6.18. The van der Waals surface area contributed by atoms with Gasteiger partial charge < -0.3 is 9.69 Å². The highest BCUT2D eigenvalue weighted by Crippen LogP contribution is 2.39. The molecular weight excluding hydrogens is 286 g/mol. The molecule has 1 aromatic carbocycles. The topological polar surface area (TPSA) is 37.4 Å². The Kier molecular flexibility index (Phi) is 4.29. The molecule has 1 unspecified atom stereocenters. The zero-order valence-corrected chi connectivity index (χ0v) is 12.9. The van der Waals surface area contributed by atoms with Crippen LogP contribution in [0.15, 0.2) is 12.1 Å². The van der Waals surface area contributed by atoms with Crippen LogP contribution in [0.25, 0.3) is 0 Å². The van der Waals surface area contributed by atoms with Crippen molar-refractivity contribution in [1.82, 2.24) is 0 Å². The van der Waals surface area contributed by atoms with E-state index in [0.717, 1.165) is 50.5 Å². The zero-order chi connectivity index (χ0) is 14.8. The van der Waals surface area contributed by atoms with Gasteiger partial charge in [0, 0.05) is 36.5 Å². The summed E-state index contributed by atoms with van der Waals surface area (Å²) in [6.07, 6.45) is 6.13. The largest absolute Gasteiger partial charge is 0.361 e. The summed E-state index contributed by atoms with van der Waals surface area (Å²) in [7, 11) is 0. The molecule has 0 aliphatic carbocycles. The van der Waals surface area contributed by atoms with Crippen molar-refractivity contribution >= 4 is 29.4 Å². The number of alkyl halides is 1. The number of aryl methyl sites for hydroxylation is 1. The minimum absolute atomic E-state index is 0.0411. The van der Waals surface area contributed by atoms with E-state index in [4.69, 9.17) is 11.6 Å². The number of anilines is 1. The lowest BCUT2D eigenvalue weighted by Gasteiger charge is -2.30. The lowest BCUT2D eigenvalue weighted by atomic mass is 9.94. The van der Waals surface area contributed by atoms with Crippen LogP contribution in [0.5, 0.6) is 0 Å². The number of Topliss-reactive ketones (excluding diaryl/α,β-unsaturated/α-hetero) is 1. The van der Waals surface area contributed by atoms with Gasteiger partial charge in [0.15, 0.2) is 5.78 Å². The molecule has 2 aliphatic heterocycles. The van der Waals surface area contributed by atoms with Crippen LogP contribution in [0, 0.1) is 0 Å². The summed E-state index contributed by atoms with van der Waals surface area (Å²) in [6.45, 7) is 0.951. The van der Waals surface area contributed by atoms with Crippen LogP contribution in [0.3, 0.4) is 0 Å². The molecule has 1 atom stereocenters. The van der Waals surface area contributed by atoms with Gasteiger partial charge >= 0.3 is 0 Å². The van der Waals surface area contributed by atoms with Gasteiger partial charge in [-0.25, -0.2) is 0 Å². The number of rotatable bonds is 6. The van der Waals surface area contributed by atoms with Crippen molar-refractivity contribution in [1.29, 1.82) is 0 Å². The molecule has 0 aromatic heterocycles. The number of benzene rings is 1. The highest BCUT2D eigenvalue weighted by atomic mass is 35.5. The van der Waals surface area contributed by atoms with Crippen LogP contribution >= 0.6 is 11.6 Å². The van der Waals surface area contributed by atoms with E-state index in [1.54, 1.807) is 0 Å². The van der Waals surface area contributed by atoms with Gasteiger partial charge in [-0.3, -0.25) is 4.79 Å². The van der Waals surface area contributed by atoms with Crippen LogP contribution < -0.4 is 4.90 Å². The predicted octanol–water partition coefficient (Wildman–Crippen LogP) is 3.15. The van der Waals surface area contributed by atoms with Crippen LogP contribution in [0.2, 0.25) is 0 Å². The van der Waals surface area contributed by atoms with Gasteiger partial charge in [-0.1, -0.05) is 0 Å². The minimum atomic E-state index is -0.0411. The fourth-order valence-electron chi connectivity index (χ4n) is 3.50. The predicted molar refractivity (Wildman–Crippen MR) is 84.6 cm³/mol. The van der Waals surface area contributed by atoms with E-state index in [0.29, 0.717) is 12.3 Å². The number of halogens is 1. The first-order chi connectivity index (χ1) is 10.2. The number of unbranched alkanes of at least 4 members (excludes halogenated alkanes) is 1. The van der Waals surface area contributed by atoms with Gasteiger partial charge in [-0.2, -0.15) is 0 Å². The Balaban J connectivity index is 1.87. The molecule has 3 nitrogen and oxygen atoms in total. The lowest BCUT2D eigenvalue weighted by Crippen LogP contribution is -2.36. The Labute approximate surface area is 130 Å². The normalized spacial score (nSPS) is 19.5. The van der Waals surface area contributed by atoms with Crippen molar-refractivity contribution in [3.63, 3.8) is 0 Å². The van der Waals surface area contributed by atoms with E-state index in [-0.39, 0.29) is 11.8 Å². The van der Waals surface area contributed by atoms with Gasteiger partial charge in [0.2, 0.25) is 0 Å². The van der Waals surface area contributed by atoms with Crippen molar-refractivity contribution in [2.24, 2.45) is 0 Å². The first kappa shape index (κ1) is 14.6. The molecule has 0 radical (unpaired) electrons. The average Bonchev–Trinajstić information content (AvgIpc) is 2.87. The maximum atomic E-state index is 12.3. The van der Waals surface area contributed by atoms with Gasteiger partial charge in [0.05, 0.1) is 6.04 Å².